The van der Waals surface area contributed by atoms with Crippen LogP contribution in [0.3, 0.4) is 0 Å². The lowest BCUT2D eigenvalue weighted by atomic mass is 9.87. The summed E-state index contributed by atoms with van der Waals surface area (Å²) in [6.07, 6.45) is 3.97. The topological polar surface area (TPSA) is 116 Å². The fraction of sp³-hybridized carbons (Fsp3) is 0.364. The third kappa shape index (κ3) is 8.67. The second kappa shape index (κ2) is 17.3. The molecule has 0 aliphatic carbocycles. The summed E-state index contributed by atoms with van der Waals surface area (Å²) in [7, 11) is 0. The number of nitrogens with zero attached hydrogens (tertiary/aromatic N) is 7. The molecule has 2 fully saturated rings. The molecule has 2 aromatic heterocycles. The molecule has 58 heavy (non-hydrogen) atoms. The minimum absolute atomic E-state index is 0.0120. The molecule has 0 spiro atoms. The van der Waals surface area contributed by atoms with Gasteiger partial charge in [-0.05, 0) is 79.9 Å². The lowest BCUT2D eigenvalue weighted by Gasteiger charge is -2.37. The lowest BCUT2D eigenvalue weighted by Crippen LogP contribution is -2.46. The van der Waals surface area contributed by atoms with Crippen molar-refractivity contribution in [2.45, 2.75) is 57.6 Å². The van der Waals surface area contributed by atoms with Crippen LogP contribution in [0, 0.1) is 17.6 Å². The number of nitrogens with one attached hydrogen (secondary N) is 1. The van der Waals surface area contributed by atoms with Crippen molar-refractivity contribution in [2.24, 2.45) is 5.92 Å². The van der Waals surface area contributed by atoms with Gasteiger partial charge in [-0.25, -0.2) is 27.9 Å². The van der Waals surface area contributed by atoms with E-state index in [0.717, 1.165) is 60.5 Å². The Bertz CT molecular complexity index is 2300. The first-order valence-corrected chi connectivity index (χ1v) is 19.9. The van der Waals surface area contributed by atoms with E-state index >= 15 is 4.39 Å². The maximum Gasteiger partial charge on any atom is 0.343 e. The van der Waals surface area contributed by atoms with Crippen LogP contribution in [-0.4, -0.2) is 75.0 Å². The Balaban J connectivity index is 0.827. The van der Waals surface area contributed by atoms with E-state index in [0.29, 0.717) is 44.1 Å². The summed E-state index contributed by atoms with van der Waals surface area (Å²) in [5, 5.41) is 8.89. The molecule has 4 atom stereocenters. The largest absolute Gasteiger partial charge is 0.493 e. The third-order valence-electron chi connectivity index (χ3n) is 11.3. The fourth-order valence-corrected chi connectivity index (χ4v) is 8.11. The predicted octanol–water partition coefficient (Wildman–Crippen LogP) is 7.00. The number of benzene rings is 4. The van der Waals surface area contributed by atoms with E-state index in [2.05, 4.69) is 49.1 Å². The summed E-state index contributed by atoms with van der Waals surface area (Å²) in [5.74, 6) is -0.0141. The van der Waals surface area contributed by atoms with Gasteiger partial charge in [-0.15, -0.1) is 5.10 Å². The molecule has 2 aliphatic heterocycles. The number of ether oxygens (including phenoxy) is 3. The first-order valence-electron chi connectivity index (χ1n) is 19.9. The zero-order chi connectivity index (χ0) is 40.1. The molecule has 0 saturated carbocycles. The highest BCUT2D eigenvalue weighted by Gasteiger charge is 2.44. The second-order valence-electron chi connectivity index (χ2n) is 15.1. The molecule has 4 aromatic carbocycles. The van der Waals surface area contributed by atoms with E-state index in [1.165, 1.54) is 23.1 Å². The molecule has 2 saturated heterocycles. The van der Waals surface area contributed by atoms with E-state index < -0.39 is 17.2 Å². The number of piperazine rings is 1. The van der Waals surface area contributed by atoms with E-state index in [1.807, 2.05) is 68.4 Å². The van der Waals surface area contributed by atoms with Crippen molar-refractivity contribution in [3.8, 4) is 17.1 Å². The molecule has 2 aliphatic rings. The molecule has 14 heteroatoms. The van der Waals surface area contributed by atoms with Crippen molar-refractivity contribution in [1.29, 1.82) is 0 Å². The maximum atomic E-state index is 15.0. The Morgan fingerprint density at radius 3 is 2.29 bits per heavy atom. The summed E-state index contributed by atoms with van der Waals surface area (Å²) in [6, 6.07) is 29.7. The summed E-state index contributed by atoms with van der Waals surface area (Å²) in [6.45, 7) is 8.93. The normalized spacial score (nSPS) is 19.3. The number of hydrogen-bond acceptors (Lipinski definition) is 9. The van der Waals surface area contributed by atoms with Crippen molar-refractivity contribution >= 4 is 11.4 Å². The number of H-pyrrole nitrogens is 1. The van der Waals surface area contributed by atoms with Gasteiger partial charge in [-0.1, -0.05) is 43.3 Å². The predicted molar refractivity (Wildman–Crippen MR) is 217 cm³/mol. The smallest absolute Gasteiger partial charge is 0.343 e. The maximum absolute atomic E-state index is 15.0. The van der Waals surface area contributed by atoms with Crippen LogP contribution in [0.1, 0.15) is 43.9 Å². The van der Waals surface area contributed by atoms with E-state index in [1.54, 1.807) is 11.0 Å². The molecule has 0 bridgehead atoms. The van der Waals surface area contributed by atoms with Crippen LogP contribution in [0.15, 0.2) is 115 Å². The molecular weight excluding hydrogens is 743 g/mol. The molecule has 4 heterocycles. The van der Waals surface area contributed by atoms with Crippen LogP contribution in [0.4, 0.5) is 20.2 Å². The van der Waals surface area contributed by atoms with Crippen LogP contribution >= 0.6 is 0 Å². The number of aromatic amines is 1. The average molecular weight is 791 g/mol. The second-order valence-corrected chi connectivity index (χ2v) is 15.1. The minimum Gasteiger partial charge on any atom is -0.493 e. The van der Waals surface area contributed by atoms with Gasteiger partial charge < -0.3 is 24.0 Å². The summed E-state index contributed by atoms with van der Waals surface area (Å²) in [4.78, 5) is 24.7. The van der Waals surface area contributed by atoms with Crippen molar-refractivity contribution in [3.05, 3.63) is 143 Å². The molecule has 12 nitrogen and oxygen atoms in total. The van der Waals surface area contributed by atoms with Gasteiger partial charge in [-0.3, -0.25) is 4.98 Å². The van der Waals surface area contributed by atoms with Crippen LogP contribution in [0.5, 0.6) is 5.75 Å². The molecule has 302 valence electrons. The van der Waals surface area contributed by atoms with Crippen molar-refractivity contribution in [3.63, 3.8) is 0 Å². The highest BCUT2D eigenvalue weighted by atomic mass is 19.1. The monoisotopic (exact) mass is 790 g/mol. The van der Waals surface area contributed by atoms with Gasteiger partial charge >= 0.3 is 5.69 Å². The van der Waals surface area contributed by atoms with Gasteiger partial charge in [0.15, 0.2) is 5.82 Å². The Morgan fingerprint density at radius 2 is 1.64 bits per heavy atom. The highest BCUT2D eigenvalue weighted by Crippen LogP contribution is 2.42. The number of hydrogen-bond donors (Lipinski definition) is 1. The molecule has 1 N–H and O–H groups in total. The van der Waals surface area contributed by atoms with Gasteiger partial charge in [0.25, 0.3) is 0 Å². The number of halogens is 2. The highest BCUT2D eigenvalue weighted by molar-refractivity contribution is 5.61. The lowest BCUT2D eigenvalue weighted by molar-refractivity contribution is -0.0206. The van der Waals surface area contributed by atoms with Crippen LogP contribution < -0.4 is 20.2 Å². The van der Waals surface area contributed by atoms with Crippen molar-refractivity contribution in [2.75, 3.05) is 49.2 Å². The van der Waals surface area contributed by atoms with Gasteiger partial charge in [0.2, 0.25) is 0 Å². The van der Waals surface area contributed by atoms with E-state index in [9.17, 15) is 9.18 Å². The standard InChI is InChI=1S/C44H48F2N8O4/c1-3-41(31(2)56-25-32-7-5-4-6-8-32)54-43(55)49-42(50-54)34-9-12-36(13-10-34)51-19-21-52(22-20-51)37-14-16-38(17-15-37)57-26-33-24-44(58-27-33,28-53-30-47-29-48-53)39-18-11-35(45)23-40(39)46/h4-18,23,29-31,33,41H,3,19-22,24-28H2,1-2H3,(H,49,50,55)/t31-,33-,41+,44+/m0/s1. The Hall–Kier alpha value is -5.86. The van der Waals surface area contributed by atoms with Crippen LogP contribution in [0.2, 0.25) is 0 Å². The number of rotatable bonds is 15. The Morgan fingerprint density at radius 1 is 0.931 bits per heavy atom. The summed E-state index contributed by atoms with van der Waals surface area (Å²) < 4.78 is 50.5. The van der Waals surface area contributed by atoms with Gasteiger partial charge in [0.05, 0.1) is 38.5 Å². The molecular formula is C44H48F2N8O4. The zero-order valence-electron chi connectivity index (χ0n) is 32.7. The third-order valence-corrected chi connectivity index (χ3v) is 11.3. The van der Waals surface area contributed by atoms with Gasteiger partial charge in [-0.2, -0.15) is 5.10 Å². The van der Waals surface area contributed by atoms with Crippen LogP contribution in [0.25, 0.3) is 11.4 Å². The van der Waals surface area contributed by atoms with E-state index in [4.69, 9.17) is 19.3 Å². The quantitative estimate of drug-likeness (QED) is 0.117. The molecule has 0 amide bonds. The average Bonchev–Trinajstić information content (AvgIpc) is 4.02. The van der Waals surface area contributed by atoms with Crippen LogP contribution in [-0.2, 0) is 28.2 Å². The van der Waals surface area contributed by atoms with Crippen molar-refractivity contribution in [1.82, 2.24) is 29.5 Å². The molecule has 0 unspecified atom stereocenters. The van der Waals surface area contributed by atoms with Gasteiger partial charge in [0.1, 0.15) is 35.6 Å². The van der Waals surface area contributed by atoms with Crippen molar-refractivity contribution < 1.29 is 23.0 Å². The van der Waals surface area contributed by atoms with Gasteiger partial charge in [0, 0.05) is 60.7 Å². The first-order chi connectivity index (χ1) is 28.3. The minimum atomic E-state index is -1.02. The fourth-order valence-electron chi connectivity index (χ4n) is 8.11. The first kappa shape index (κ1) is 39.0. The molecule has 0 radical (unpaired) electrons. The molecule has 6 aromatic rings. The Labute approximate surface area is 336 Å². The molecule has 8 rings (SSSR count). The summed E-state index contributed by atoms with van der Waals surface area (Å²) in [5.41, 5.74) is 3.20. The Kier molecular flexibility index (Phi) is 11.6. The number of aromatic nitrogens is 6. The number of anilines is 2. The summed E-state index contributed by atoms with van der Waals surface area (Å²) >= 11 is 0. The van der Waals surface area contributed by atoms with E-state index in [-0.39, 0.29) is 30.3 Å². The SMILES string of the molecule is CC[C@H]([C@H](C)OCc1ccccc1)n1nc(-c2ccc(N3CCN(c4ccc(OC[C@H]5CO[C@](Cn6cncn6)(c6ccc(F)cc6F)C5)cc4)CC3)cc2)[nH]c1=O. The zero-order valence-corrected chi connectivity index (χ0v) is 32.7.